The number of esters is 1. The lowest BCUT2D eigenvalue weighted by Crippen LogP contribution is -2.06. The highest BCUT2D eigenvalue weighted by Crippen LogP contribution is 2.27. The number of imidazole rings is 1. The van der Waals surface area contributed by atoms with Gasteiger partial charge in [0, 0.05) is 13.0 Å². The van der Waals surface area contributed by atoms with Crippen molar-refractivity contribution < 1.29 is 14.3 Å². The number of hydrogen-bond acceptors (Lipinski definition) is 6. The fourth-order valence-corrected chi connectivity index (χ4v) is 3.71. The Labute approximate surface area is 180 Å². The number of nitrogens with zero attached hydrogens (tertiary/aromatic N) is 4. The fourth-order valence-electron chi connectivity index (χ4n) is 3.71. The third-order valence-corrected chi connectivity index (χ3v) is 5.19. The van der Waals surface area contributed by atoms with Crippen molar-refractivity contribution in [1.82, 2.24) is 19.5 Å². The van der Waals surface area contributed by atoms with Gasteiger partial charge in [-0.2, -0.15) is 4.98 Å². The van der Waals surface area contributed by atoms with E-state index in [9.17, 15) is 4.79 Å². The quantitative estimate of drug-likeness (QED) is 0.418. The van der Waals surface area contributed by atoms with Crippen LogP contribution in [-0.2, 0) is 17.7 Å². The van der Waals surface area contributed by atoms with Crippen LogP contribution >= 0.6 is 0 Å². The molecule has 0 N–H and O–H groups in total. The second kappa shape index (κ2) is 8.95. The molecule has 7 heteroatoms. The summed E-state index contributed by atoms with van der Waals surface area (Å²) in [7, 11) is 3.00. The molecule has 0 aliphatic heterocycles. The van der Waals surface area contributed by atoms with E-state index < -0.39 is 0 Å². The van der Waals surface area contributed by atoms with Crippen molar-refractivity contribution in [3.05, 3.63) is 71.8 Å². The third kappa shape index (κ3) is 3.99. The average Bonchev–Trinajstić information content (AvgIpc) is 3.16. The van der Waals surface area contributed by atoms with Crippen molar-refractivity contribution in [3.8, 4) is 17.0 Å². The first-order valence-corrected chi connectivity index (χ1v) is 10.2. The zero-order valence-corrected chi connectivity index (χ0v) is 17.8. The Morgan fingerprint density at radius 1 is 1.03 bits per heavy atom. The maximum atomic E-state index is 12.1. The average molecular weight is 416 g/mol. The van der Waals surface area contributed by atoms with E-state index in [1.54, 1.807) is 13.2 Å². The van der Waals surface area contributed by atoms with Crippen molar-refractivity contribution in [1.29, 1.82) is 0 Å². The molecule has 31 heavy (non-hydrogen) atoms. The Morgan fingerprint density at radius 3 is 2.52 bits per heavy atom. The van der Waals surface area contributed by atoms with E-state index in [4.69, 9.17) is 14.5 Å². The fraction of sp³-hybridized carbons (Fsp3) is 0.250. The van der Waals surface area contributed by atoms with E-state index in [-0.39, 0.29) is 5.97 Å². The van der Waals surface area contributed by atoms with Crippen LogP contribution in [-0.4, -0.2) is 39.7 Å². The number of carbonyl (C=O) groups is 1. The van der Waals surface area contributed by atoms with Crippen LogP contribution in [0.4, 0.5) is 0 Å². The van der Waals surface area contributed by atoms with E-state index in [1.165, 1.54) is 13.4 Å². The normalized spacial score (nSPS) is 10.9. The zero-order chi connectivity index (χ0) is 21.8. The van der Waals surface area contributed by atoms with E-state index in [1.807, 2.05) is 30.3 Å². The number of benzene rings is 2. The van der Waals surface area contributed by atoms with Gasteiger partial charge in [0.2, 0.25) is 5.88 Å². The van der Waals surface area contributed by atoms with Crippen molar-refractivity contribution in [3.63, 3.8) is 0 Å². The summed E-state index contributed by atoms with van der Waals surface area (Å²) in [5, 5.41) is 0. The first kappa shape index (κ1) is 20.5. The van der Waals surface area contributed by atoms with Gasteiger partial charge in [0.05, 0.1) is 19.8 Å². The number of carbonyl (C=O) groups excluding carboxylic acids is 1. The maximum absolute atomic E-state index is 12.1. The molecule has 4 rings (SSSR count). The summed E-state index contributed by atoms with van der Waals surface area (Å²) >= 11 is 0. The first-order chi connectivity index (χ1) is 15.2. The highest BCUT2D eigenvalue weighted by molar-refractivity contribution is 5.97. The molecule has 0 saturated heterocycles. The minimum atomic E-state index is -0.346. The third-order valence-electron chi connectivity index (χ3n) is 5.19. The summed E-state index contributed by atoms with van der Waals surface area (Å²) in [6, 6.07) is 15.6. The second-order valence-electron chi connectivity index (χ2n) is 7.15. The molecule has 2 aromatic carbocycles. The van der Waals surface area contributed by atoms with Crippen LogP contribution in [0.25, 0.3) is 22.3 Å². The molecule has 7 nitrogen and oxygen atoms in total. The zero-order valence-electron chi connectivity index (χ0n) is 17.8. The molecule has 0 atom stereocenters. The Balaban J connectivity index is 1.70. The van der Waals surface area contributed by atoms with Crippen molar-refractivity contribution >= 4 is 17.1 Å². The number of hydrogen-bond donors (Lipinski definition) is 0. The van der Waals surface area contributed by atoms with Gasteiger partial charge >= 0.3 is 5.97 Å². The molecule has 0 fully saturated rings. The number of fused-ring (bicyclic) bond motifs is 1. The Kier molecular flexibility index (Phi) is 5.93. The van der Waals surface area contributed by atoms with E-state index >= 15 is 0 Å². The molecule has 2 aromatic heterocycles. The predicted molar refractivity (Wildman–Crippen MR) is 118 cm³/mol. The Morgan fingerprint density at radius 2 is 1.81 bits per heavy atom. The van der Waals surface area contributed by atoms with E-state index in [0.29, 0.717) is 23.6 Å². The summed E-state index contributed by atoms with van der Waals surface area (Å²) in [4.78, 5) is 25.4. The highest BCUT2D eigenvalue weighted by Gasteiger charge is 2.17. The lowest BCUT2D eigenvalue weighted by atomic mass is 9.98. The van der Waals surface area contributed by atoms with E-state index in [0.717, 1.165) is 40.9 Å². The molecular weight excluding hydrogens is 392 g/mol. The summed E-state index contributed by atoms with van der Waals surface area (Å²) in [6.45, 7) is 2.74. The van der Waals surface area contributed by atoms with Crippen LogP contribution in [0.2, 0.25) is 0 Å². The SMILES string of the molecule is CCCc1nc2ncnc(OC)c2n1Cc1ccc(-c2ccccc2C(=O)OC)cc1. The van der Waals surface area contributed by atoms with Gasteiger partial charge in [0.25, 0.3) is 0 Å². The van der Waals surface area contributed by atoms with Crippen molar-refractivity contribution in [2.75, 3.05) is 14.2 Å². The highest BCUT2D eigenvalue weighted by atomic mass is 16.5. The molecule has 0 unspecified atom stereocenters. The molecular formula is C24H24N4O3. The Hall–Kier alpha value is -3.74. The molecule has 2 heterocycles. The van der Waals surface area contributed by atoms with Crippen molar-refractivity contribution in [2.24, 2.45) is 0 Å². The van der Waals surface area contributed by atoms with Gasteiger partial charge in [-0.1, -0.05) is 49.4 Å². The summed E-state index contributed by atoms with van der Waals surface area (Å²) < 4.78 is 12.5. The van der Waals surface area contributed by atoms with Gasteiger partial charge in [0.15, 0.2) is 11.2 Å². The number of aryl methyl sites for hydroxylation is 1. The topological polar surface area (TPSA) is 79.1 Å². The number of methoxy groups -OCH3 is 2. The molecule has 0 radical (unpaired) electrons. The number of aromatic nitrogens is 4. The largest absolute Gasteiger partial charge is 0.479 e. The van der Waals surface area contributed by atoms with Crippen LogP contribution in [0.15, 0.2) is 54.9 Å². The van der Waals surface area contributed by atoms with Crippen molar-refractivity contribution in [2.45, 2.75) is 26.3 Å². The van der Waals surface area contributed by atoms with Crippen LogP contribution in [0.3, 0.4) is 0 Å². The van der Waals surface area contributed by atoms with Crippen LogP contribution < -0.4 is 4.74 Å². The molecule has 0 aliphatic carbocycles. The smallest absolute Gasteiger partial charge is 0.338 e. The monoisotopic (exact) mass is 416 g/mol. The van der Waals surface area contributed by atoms with E-state index in [2.05, 4.69) is 33.6 Å². The molecule has 0 aliphatic rings. The summed E-state index contributed by atoms with van der Waals surface area (Å²) in [5.74, 6) is 1.13. The molecule has 0 amide bonds. The minimum absolute atomic E-state index is 0.346. The minimum Gasteiger partial charge on any atom is -0.479 e. The molecule has 4 aromatic rings. The van der Waals surface area contributed by atoms with Gasteiger partial charge < -0.3 is 14.0 Å². The van der Waals surface area contributed by atoms with Gasteiger partial charge in [-0.3, -0.25) is 0 Å². The van der Waals surface area contributed by atoms with Crippen LogP contribution in [0.1, 0.15) is 35.1 Å². The van der Waals surface area contributed by atoms with Gasteiger partial charge in [-0.05, 0) is 29.2 Å². The van der Waals surface area contributed by atoms with Gasteiger partial charge in [-0.25, -0.2) is 14.8 Å². The number of rotatable bonds is 7. The van der Waals surface area contributed by atoms with Crippen LogP contribution in [0.5, 0.6) is 5.88 Å². The molecule has 0 saturated carbocycles. The van der Waals surface area contributed by atoms with Gasteiger partial charge in [-0.15, -0.1) is 0 Å². The summed E-state index contributed by atoms with van der Waals surface area (Å²) in [6.07, 6.45) is 3.29. The Bertz CT molecular complexity index is 1220. The summed E-state index contributed by atoms with van der Waals surface area (Å²) in [5.41, 5.74) is 4.88. The molecule has 0 bridgehead atoms. The van der Waals surface area contributed by atoms with Crippen LogP contribution in [0, 0.1) is 0 Å². The predicted octanol–water partition coefficient (Wildman–Crippen LogP) is 4.29. The maximum Gasteiger partial charge on any atom is 0.338 e. The molecule has 0 spiro atoms. The van der Waals surface area contributed by atoms with Gasteiger partial charge in [0.1, 0.15) is 12.2 Å². The second-order valence-corrected chi connectivity index (χ2v) is 7.15. The first-order valence-electron chi connectivity index (χ1n) is 10.2. The number of ether oxygens (including phenoxy) is 2. The lowest BCUT2D eigenvalue weighted by molar-refractivity contribution is 0.0601. The standard InChI is InChI=1S/C24H24N4O3/c1-4-7-20-27-22-21(23(30-2)26-15-25-22)28(20)14-16-10-12-17(13-11-16)18-8-5-6-9-19(18)24(29)31-3/h5-6,8-13,15H,4,7,14H2,1-3H3. The molecule has 158 valence electrons. The lowest BCUT2D eigenvalue weighted by Gasteiger charge is -2.12.